The van der Waals surface area contributed by atoms with Crippen molar-refractivity contribution in [2.75, 3.05) is 12.5 Å². The molecule has 7 nitrogen and oxygen atoms in total. The van der Waals surface area contributed by atoms with Crippen molar-refractivity contribution in [1.29, 1.82) is 0 Å². The summed E-state index contributed by atoms with van der Waals surface area (Å²) in [5, 5.41) is 5.53. The van der Waals surface area contributed by atoms with Crippen molar-refractivity contribution in [2.24, 2.45) is 0 Å². The number of nitrogens with two attached hydrogens (primary N) is 1. The van der Waals surface area contributed by atoms with Crippen molar-refractivity contribution in [3.05, 3.63) is 93.6 Å². The van der Waals surface area contributed by atoms with Crippen molar-refractivity contribution in [1.82, 2.24) is 10.6 Å². The summed E-state index contributed by atoms with van der Waals surface area (Å²) in [5.74, 6) is 0.309. The van der Waals surface area contributed by atoms with E-state index in [2.05, 4.69) is 26.6 Å². The Bertz CT molecular complexity index is 1200. The molecule has 0 radical (unpaired) electrons. The topological polar surface area (TPSA) is 103 Å². The second-order valence-corrected chi connectivity index (χ2v) is 7.84. The number of fused-ring (bicyclic) bond motifs is 1. The fraction of sp³-hybridized carbons (Fsp3) is 0.0833. The maximum Gasteiger partial charge on any atom is 0.268 e. The first-order chi connectivity index (χ1) is 15.5. The lowest BCUT2D eigenvalue weighted by Gasteiger charge is -2.13. The average Bonchev–Trinajstić information content (AvgIpc) is 3.25. The number of carbonyl (C=O) groups is 2. The molecule has 3 aromatic rings. The van der Waals surface area contributed by atoms with Crippen LogP contribution in [0.15, 0.2) is 76.9 Å². The van der Waals surface area contributed by atoms with E-state index >= 15 is 0 Å². The summed E-state index contributed by atoms with van der Waals surface area (Å²) in [4.78, 5) is 25.8. The van der Waals surface area contributed by atoms with Gasteiger partial charge < -0.3 is 25.8 Å². The van der Waals surface area contributed by atoms with Crippen LogP contribution in [-0.4, -0.2) is 18.6 Å². The number of ether oxygens (including phenoxy) is 2. The van der Waals surface area contributed by atoms with E-state index in [9.17, 15) is 9.59 Å². The average molecular weight is 494 g/mol. The van der Waals surface area contributed by atoms with Crippen molar-refractivity contribution >= 4 is 39.5 Å². The Morgan fingerprint density at radius 1 is 1.00 bits per heavy atom. The number of carbonyl (C=O) groups excluding carboxylic acids is 2. The van der Waals surface area contributed by atoms with Gasteiger partial charge in [0.05, 0.1) is 0 Å². The van der Waals surface area contributed by atoms with E-state index in [4.69, 9.17) is 15.2 Å². The van der Waals surface area contributed by atoms with Gasteiger partial charge in [-0.2, -0.15) is 0 Å². The van der Waals surface area contributed by atoms with Gasteiger partial charge in [0.1, 0.15) is 5.70 Å². The van der Waals surface area contributed by atoms with Gasteiger partial charge in [-0.25, -0.2) is 0 Å². The van der Waals surface area contributed by atoms with E-state index in [1.807, 2.05) is 24.3 Å². The van der Waals surface area contributed by atoms with Crippen LogP contribution in [0.25, 0.3) is 6.08 Å². The number of benzene rings is 3. The third-order valence-electron chi connectivity index (χ3n) is 4.82. The highest BCUT2D eigenvalue weighted by atomic mass is 79.9. The highest BCUT2D eigenvalue weighted by Crippen LogP contribution is 2.37. The number of halogens is 1. The molecular weight excluding hydrogens is 474 g/mol. The lowest BCUT2D eigenvalue weighted by atomic mass is 10.1. The molecule has 4 N–H and O–H groups in total. The van der Waals surface area contributed by atoms with Crippen molar-refractivity contribution in [3.8, 4) is 11.5 Å². The second-order valence-electron chi connectivity index (χ2n) is 6.99. The third-order valence-corrected chi connectivity index (χ3v) is 5.50. The minimum atomic E-state index is -0.456. The van der Waals surface area contributed by atoms with Crippen LogP contribution >= 0.6 is 15.9 Å². The summed E-state index contributed by atoms with van der Waals surface area (Å²) in [6, 6.07) is 19.4. The molecule has 0 saturated carbocycles. The zero-order valence-electron chi connectivity index (χ0n) is 16.9. The van der Waals surface area contributed by atoms with Crippen LogP contribution in [0.4, 0.5) is 5.69 Å². The van der Waals surface area contributed by atoms with Gasteiger partial charge in [0.25, 0.3) is 11.8 Å². The first-order valence-electron chi connectivity index (χ1n) is 9.80. The van der Waals surface area contributed by atoms with E-state index in [-0.39, 0.29) is 19.0 Å². The maximum absolute atomic E-state index is 13.0. The van der Waals surface area contributed by atoms with E-state index < -0.39 is 11.8 Å². The molecule has 1 aliphatic heterocycles. The molecule has 0 aromatic heterocycles. The van der Waals surface area contributed by atoms with E-state index in [1.54, 1.807) is 48.5 Å². The lowest BCUT2D eigenvalue weighted by molar-refractivity contribution is -0.117. The molecule has 0 aliphatic carbocycles. The minimum Gasteiger partial charge on any atom is -0.454 e. The number of hydrogen-bond acceptors (Lipinski definition) is 5. The molecule has 0 atom stereocenters. The molecule has 4 rings (SSSR count). The third kappa shape index (κ3) is 4.92. The highest BCUT2D eigenvalue weighted by Gasteiger charge is 2.19. The highest BCUT2D eigenvalue weighted by molar-refractivity contribution is 9.10. The standard InChI is InChI=1S/C24H20BrN3O4/c25-18-12-22-21(31-14-32-22)11-17(18)10-20(28-23(29)15-6-2-1-3-7-15)24(30)27-13-16-8-4-5-9-19(16)26/h1-12H,13-14,26H2,(H,27,30)(H,28,29)/b20-10-. The smallest absolute Gasteiger partial charge is 0.268 e. The van der Waals surface area contributed by atoms with Crippen LogP contribution in [0.3, 0.4) is 0 Å². The van der Waals surface area contributed by atoms with Crippen LogP contribution in [0.5, 0.6) is 11.5 Å². The zero-order chi connectivity index (χ0) is 22.5. The Kier molecular flexibility index (Phi) is 6.42. The van der Waals surface area contributed by atoms with Gasteiger partial charge in [-0.05, 0) is 47.5 Å². The summed E-state index contributed by atoms with van der Waals surface area (Å²) in [7, 11) is 0. The number of hydrogen-bond donors (Lipinski definition) is 3. The number of nitrogens with one attached hydrogen (secondary N) is 2. The SMILES string of the molecule is Nc1ccccc1CNC(=O)/C(=C/c1cc2c(cc1Br)OCO2)NC(=O)c1ccccc1. The van der Waals surface area contributed by atoms with Crippen molar-refractivity contribution in [3.63, 3.8) is 0 Å². The van der Waals surface area contributed by atoms with E-state index in [0.717, 1.165) is 5.56 Å². The summed E-state index contributed by atoms with van der Waals surface area (Å²) in [5.41, 5.74) is 8.47. The van der Waals surface area contributed by atoms with Crippen LogP contribution in [0, 0.1) is 0 Å². The second kappa shape index (κ2) is 9.57. The zero-order valence-corrected chi connectivity index (χ0v) is 18.5. The maximum atomic E-state index is 13.0. The molecule has 8 heteroatoms. The van der Waals surface area contributed by atoms with Crippen molar-refractivity contribution in [2.45, 2.75) is 6.54 Å². The van der Waals surface area contributed by atoms with Crippen LogP contribution in [0.2, 0.25) is 0 Å². The largest absolute Gasteiger partial charge is 0.454 e. The van der Waals surface area contributed by atoms with Gasteiger partial charge in [-0.1, -0.05) is 52.3 Å². The van der Waals surface area contributed by atoms with Gasteiger partial charge in [-0.3, -0.25) is 9.59 Å². The molecule has 162 valence electrons. The van der Waals surface area contributed by atoms with Crippen LogP contribution in [0.1, 0.15) is 21.5 Å². The van der Waals surface area contributed by atoms with Gasteiger partial charge in [0, 0.05) is 22.3 Å². The number of anilines is 1. The number of amides is 2. The van der Waals surface area contributed by atoms with Gasteiger partial charge >= 0.3 is 0 Å². The van der Waals surface area contributed by atoms with Crippen LogP contribution in [-0.2, 0) is 11.3 Å². The van der Waals surface area contributed by atoms with Gasteiger partial charge in [-0.15, -0.1) is 0 Å². The molecule has 0 spiro atoms. The van der Waals surface area contributed by atoms with E-state index in [0.29, 0.717) is 32.8 Å². The fourth-order valence-electron chi connectivity index (χ4n) is 3.11. The summed E-state index contributed by atoms with van der Waals surface area (Å²) in [6.07, 6.45) is 1.58. The van der Waals surface area contributed by atoms with Gasteiger partial charge in [0.15, 0.2) is 11.5 Å². The molecular formula is C24H20BrN3O4. The Balaban J connectivity index is 1.62. The Hall–Kier alpha value is -3.78. The van der Waals surface area contributed by atoms with E-state index in [1.165, 1.54) is 0 Å². The molecule has 0 fully saturated rings. The Morgan fingerprint density at radius 2 is 1.69 bits per heavy atom. The number of rotatable bonds is 6. The Morgan fingerprint density at radius 3 is 2.44 bits per heavy atom. The monoisotopic (exact) mass is 493 g/mol. The molecule has 32 heavy (non-hydrogen) atoms. The molecule has 0 saturated heterocycles. The fourth-order valence-corrected chi connectivity index (χ4v) is 3.54. The molecule has 2 amide bonds. The molecule has 0 unspecified atom stereocenters. The molecule has 1 aliphatic rings. The normalized spacial score (nSPS) is 12.3. The first-order valence-corrected chi connectivity index (χ1v) is 10.6. The Labute approximate surface area is 193 Å². The number of nitrogen functional groups attached to an aromatic ring is 1. The molecule has 3 aromatic carbocycles. The molecule has 0 bridgehead atoms. The van der Waals surface area contributed by atoms with Gasteiger partial charge in [0.2, 0.25) is 6.79 Å². The number of para-hydroxylation sites is 1. The van der Waals surface area contributed by atoms with Crippen LogP contribution < -0.4 is 25.8 Å². The quantitative estimate of drug-likeness (QED) is 0.357. The minimum absolute atomic E-state index is 0.0768. The predicted octanol–water partition coefficient (Wildman–Crippen LogP) is 3.85. The molecule has 1 heterocycles. The lowest BCUT2D eigenvalue weighted by Crippen LogP contribution is -2.34. The first kappa shape index (κ1) is 21.5. The summed E-state index contributed by atoms with van der Waals surface area (Å²) < 4.78 is 11.5. The summed E-state index contributed by atoms with van der Waals surface area (Å²) >= 11 is 3.48. The van der Waals surface area contributed by atoms with Crippen molar-refractivity contribution < 1.29 is 19.1 Å². The predicted molar refractivity (Wildman–Crippen MR) is 125 cm³/mol. The summed E-state index contributed by atoms with van der Waals surface area (Å²) in [6.45, 7) is 0.345.